The normalized spacial score (nSPS) is 13.2. The number of alkyl halides is 3. The van der Waals surface area contributed by atoms with Gasteiger partial charge in [-0.15, -0.1) is 13.2 Å². The molecule has 9 heteroatoms. The largest absolute Gasteiger partial charge is 0.573 e. The van der Waals surface area contributed by atoms with Gasteiger partial charge in [0.2, 0.25) is 5.91 Å². The fraction of sp³-hybridized carbons (Fsp3) is 0.294. The molecule has 26 heavy (non-hydrogen) atoms. The smallest absolute Gasteiger partial charge is 0.406 e. The third-order valence-corrected chi connectivity index (χ3v) is 4.61. The van der Waals surface area contributed by atoms with Crippen LogP contribution in [0.25, 0.3) is 10.2 Å². The number of carbonyl (C=O) groups is 1. The van der Waals surface area contributed by atoms with E-state index in [1.54, 1.807) is 0 Å². The average molecular weight is 383 g/mol. The van der Waals surface area contributed by atoms with Crippen molar-refractivity contribution in [2.24, 2.45) is 5.92 Å². The molecule has 0 unspecified atom stereocenters. The van der Waals surface area contributed by atoms with Gasteiger partial charge < -0.3 is 14.6 Å². The minimum Gasteiger partial charge on any atom is -0.406 e. The Labute approximate surface area is 151 Å². The Bertz CT molecular complexity index is 904. The van der Waals surface area contributed by atoms with Crippen LogP contribution in [0.1, 0.15) is 19.9 Å². The van der Waals surface area contributed by atoms with Gasteiger partial charge in [-0.25, -0.2) is 4.98 Å². The molecular weight excluding hydrogens is 367 g/mol. The van der Waals surface area contributed by atoms with Gasteiger partial charge >= 0.3 is 6.36 Å². The highest BCUT2D eigenvalue weighted by molar-refractivity contribution is 7.22. The van der Waals surface area contributed by atoms with E-state index in [0.717, 1.165) is 11.3 Å². The molecule has 3 aromatic rings. The minimum absolute atomic E-state index is 0.0450. The first-order chi connectivity index (χ1) is 12.2. The van der Waals surface area contributed by atoms with E-state index in [2.05, 4.69) is 15.0 Å². The van der Waals surface area contributed by atoms with Crippen LogP contribution in [0.15, 0.2) is 42.7 Å². The predicted octanol–water partition coefficient (Wildman–Crippen LogP) is 4.83. The Balaban J connectivity index is 1.81. The van der Waals surface area contributed by atoms with Crippen molar-refractivity contribution in [3.05, 3.63) is 42.7 Å². The molecule has 0 fully saturated rings. The van der Waals surface area contributed by atoms with E-state index in [-0.39, 0.29) is 17.6 Å². The van der Waals surface area contributed by atoms with Crippen LogP contribution in [0.5, 0.6) is 5.75 Å². The van der Waals surface area contributed by atoms with Gasteiger partial charge in [-0.05, 0) is 30.2 Å². The number of nitrogens with one attached hydrogen (secondary N) is 1. The minimum atomic E-state index is -4.75. The Morgan fingerprint density at radius 3 is 2.58 bits per heavy atom. The number of amides is 1. The zero-order valence-corrected chi connectivity index (χ0v) is 14.8. The summed E-state index contributed by atoms with van der Waals surface area (Å²) in [6.07, 6.45) is -1.14. The fourth-order valence-electron chi connectivity index (χ4n) is 2.65. The molecule has 0 spiro atoms. The van der Waals surface area contributed by atoms with E-state index < -0.39 is 12.4 Å². The van der Waals surface area contributed by atoms with Crippen LogP contribution in [-0.2, 0) is 4.79 Å². The van der Waals surface area contributed by atoms with E-state index >= 15 is 0 Å². The molecule has 1 N–H and O–H groups in total. The van der Waals surface area contributed by atoms with Crippen LogP contribution >= 0.6 is 11.3 Å². The maximum atomic E-state index is 12.6. The van der Waals surface area contributed by atoms with E-state index in [4.69, 9.17) is 0 Å². The monoisotopic (exact) mass is 383 g/mol. The average Bonchev–Trinajstić information content (AvgIpc) is 3.14. The van der Waals surface area contributed by atoms with Crippen molar-refractivity contribution in [1.82, 2.24) is 9.55 Å². The number of hydrogen-bond acceptors (Lipinski definition) is 4. The van der Waals surface area contributed by atoms with Gasteiger partial charge in [0.1, 0.15) is 11.8 Å². The lowest BCUT2D eigenvalue weighted by molar-refractivity contribution is -0.274. The molecule has 1 atom stereocenters. The number of anilines is 1. The Morgan fingerprint density at radius 2 is 1.96 bits per heavy atom. The zero-order valence-electron chi connectivity index (χ0n) is 13.9. The van der Waals surface area contributed by atoms with Gasteiger partial charge in [0.05, 0.1) is 10.2 Å². The summed E-state index contributed by atoms with van der Waals surface area (Å²) in [5.41, 5.74) is 0.488. The first-order valence-electron chi connectivity index (χ1n) is 7.82. The molecule has 0 bridgehead atoms. The van der Waals surface area contributed by atoms with Crippen LogP contribution < -0.4 is 10.1 Å². The van der Waals surface area contributed by atoms with Crippen molar-refractivity contribution in [2.75, 3.05) is 5.32 Å². The van der Waals surface area contributed by atoms with Crippen molar-refractivity contribution >= 4 is 32.6 Å². The second kappa shape index (κ2) is 6.99. The van der Waals surface area contributed by atoms with Gasteiger partial charge in [0.25, 0.3) is 0 Å². The second-order valence-electron chi connectivity index (χ2n) is 6.00. The third kappa shape index (κ3) is 4.16. The zero-order chi connectivity index (χ0) is 18.9. The number of fused-ring (bicyclic) bond motifs is 1. The molecule has 1 aromatic carbocycles. The molecule has 3 rings (SSSR count). The maximum Gasteiger partial charge on any atom is 0.573 e. The maximum absolute atomic E-state index is 12.6. The lowest BCUT2D eigenvalue weighted by Crippen LogP contribution is -2.29. The summed E-state index contributed by atoms with van der Waals surface area (Å²) in [6, 6.07) is 7.13. The molecule has 0 aliphatic rings. The first-order valence-corrected chi connectivity index (χ1v) is 8.64. The van der Waals surface area contributed by atoms with Crippen molar-refractivity contribution in [3.8, 4) is 5.75 Å². The van der Waals surface area contributed by atoms with Gasteiger partial charge in [-0.2, -0.15) is 0 Å². The quantitative estimate of drug-likeness (QED) is 0.686. The van der Waals surface area contributed by atoms with E-state index in [1.807, 2.05) is 42.9 Å². The number of nitrogens with zero attached hydrogens (tertiary/aromatic N) is 2. The van der Waals surface area contributed by atoms with Gasteiger partial charge in [-0.3, -0.25) is 4.79 Å². The number of ether oxygens (including phenoxy) is 1. The van der Waals surface area contributed by atoms with Gasteiger partial charge in [0, 0.05) is 18.5 Å². The van der Waals surface area contributed by atoms with E-state index in [1.165, 1.54) is 18.2 Å². The highest BCUT2D eigenvalue weighted by Crippen LogP contribution is 2.32. The van der Waals surface area contributed by atoms with Crippen LogP contribution in [-0.4, -0.2) is 21.8 Å². The standard InChI is InChI=1S/C17H16F3N3O2S/c1-10(2)14(23-7-3-4-8-23)15(24)22-16-21-12-6-5-11(9-13(12)26-16)25-17(18,19)20/h3-10,14H,1-2H3,(H,21,22,24)/t14-/m0/s1. The SMILES string of the molecule is CC(C)[C@@H](C(=O)Nc1nc2ccc(OC(F)(F)F)cc2s1)n1cccc1. The summed E-state index contributed by atoms with van der Waals surface area (Å²) in [4.78, 5) is 16.9. The molecule has 2 aromatic heterocycles. The van der Waals surface area contributed by atoms with Crippen molar-refractivity contribution < 1.29 is 22.7 Å². The molecular formula is C17H16F3N3O2S. The number of aromatic nitrogens is 2. The summed E-state index contributed by atoms with van der Waals surface area (Å²) in [6.45, 7) is 3.87. The fourth-order valence-corrected chi connectivity index (χ4v) is 3.55. The van der Waals surface area contributed by atoms with Gasteiger partial charge in [0.15, 0.2) is 5.13 Å². The molecule has 0 saturated carbocycles. The Kier molecular flexibility index (Phi) is 4.90. The third-order valence-electron chi connectivity index (χ3n) is 3.67. The van der Waals surface area contributed by atoms with Crippen molar-refractivity contribution in [2.45, 2.75) is 26.3 Å². The first kappa shape index (κ1) is 18.2. The van der Waals surface area contributed by atoms with Crippen LogP contribution in [0.2, 0.25) is 0 Å². The van der Waals surface area contributed by atoms with E-state index in [0.29, 0.717) is 15.3 Å². The highest BCUT2D eigenvalue weighted by atomic mass is 32.1. The molecule has 0 aliphatic carbocycles. The summed E-state index contributed by atoms with van der Waals surface area (Å²) in [5, 5.41) is 3.08. The molecule has 0 aliphatic heterocycles. The van der Waals surface area contributed by atoms with Crippen LogP contribution in [0, 0.1) is 5.92 Å². The topological polar surface area (TPSA) is 56.1 Å². The summed E-state index contributed by atoms with van der Waals surface area (Å²) in [7, 11) is 0. The number of carbonyl (C=O) groups excluding carboxylic acids is 1. The number of rotatable bonds is 5. The van der Waals surface area contributed by atoms with Crippen LogP contribution in [0.3, 0.4) is 0 Å². The lowest BCUT2D eigenvalue weighted by Gasteiger charge is -2.21. The second-order valence-corrected chi connectivity index (χ2v) is 7.04. The predicted molar refractivity (Wildman–Crippen MR) is 93.2 cm³/mol. The Morgan fingerprint density at radius 1 is 1.27 bits per heavy atom. The summed E-state index contributed by atoms with van der Waals surface area (Å²) >= 11 is 1.09. The van der Waals surface area contributed by atoms with Gasteiger partial charge in [-0.1, -0.05) is 25.2 Å². The molecule has 138 valence electrons. The number of halogens is 3. The lowest BCUT2D eigenvalue weighted by atomic mass is 10.0. The summed E-state index contributed by atoms with van der Waals surface area (Å²) < 4.78 is 43.2. The van der Waals surface area contributed by atoms with Crippen molar-refractivity contribution in [1.29, 1.82) is 0 Å². The van der Waals surface area contributed by atoms with Crippen molar-refractivity contribution in [3.63, 3.8) is 0 Å². The molecule has 2 heterocycles. The van der Waals surface area contributed by atoms with E-state index in [9.17, 15) is 18.0 Å². The molecule has 0 radical (unpaired) electrons. The highest BCUT2D eigenvalue weighted by Gasteiger charge is 2.31. The number of benzene rings is 1. The molecule has 5 nitrogen and oxygen atoms in total. The molecule has 1 amide bonds. The molecule has 0 saturated heterocycles. The summed E-state index contributed by atoms with van der Waals surface area (Å²) in [5.74, 6) is -0.510. The number of hydrogen-bond donors (Lipinski definition) is 1. The number of thiazole rings is 1. The van der Waals surface area contributed by atoms with Crippen LogP contribution in [0.4, 0.5) is 18.3 Å². The Hall–Kier alpha value is -2.55.